The van der Waals surface area contributed by atoms with Gasteiger partial charge in [-0.25, -0.2) is 10.4 Å². The Labute approximate surface area is 488 Å². The molecule has 6 saturated heterocycles. The fraction of sp³-hybridized carbons (Fsp3) is 0.677. The van der Waals surface area contributed by atoms with Gasteiger partial charge in [-0.05, 0) is 113 Å². The van der Waals surface area contributed by atoms with Crippen LogP contribution in [0.25, 0.3) is 33.4 Å². The van der Waals surface area contributed by atoms with Gasteiger partial charge in [0.15, 0.2) is 0 Å². The van der Waals surface area contributed by atoms with Crippen LogP contribution in [0.1, 0.15) is 114 Å². The lowest BCUT2D eigenvalue weighted by atomic mass is 9.84. The third-order valence-corrected chi connectivity index (χ3v) is 21.0. The highest BCUT2D eigenvalue weighted by Gasteiger charge is 2.59. The molecule has 1 unspecified atom stereocenters. The van der Waals surface area contributed by atoms with Crippen LogP contribution >= 0.6 is 11.3 Å². The largest absolute Gasteiger partial charge is 0.464 e. The van der Waals surface area contributed by atoms with Crippen LogP contribution < -0.4 is 15.6 Å². The fourth-order valence-electron chi connectivity index (χ4n) is 15.6. The van der Waals surface area contributed by atoms with Gasteiger partial charge in [0, 0.05) is 103 Å². The Morgan fingerprint density at radius 3 is 2.55 bits per heavy atom. The summed E-state index contributed by atoms with van der Waals surface area (Å²) in [6.45, 7) is 14.3. The van der Waals surface area contributed by atoms with Crippen LogP contribution in [-0.4, -0.2) is 191 Å². The highest BCUT2D eigenvalue weighted by Crippen LogP contribution is 2.49. The van der Waals surface area contributed by atoms with E-state index < -0.39 is 42.2 Å². The number of amides is 3. The third-order valence-electron chi connectivity index (χ3n) is 20.1. The van der Waals surface area contributed by atoms with Gasteiger partial charge in [0.2, 0.25) is 11.8 Å². The number of aromatic nitrogens is 3. The summed E-state index contributed by atoms with van der Waals surface area (Å²) in [5.41, 5.74) is 7.32. The predicted molar refractivity (Wildman–Crippen MR) is 310 cm³/mol. The molecule has 21 heteroatoms. The SMILES string of the molecule is CC(C)c1ncc(N2CCN3CCOC[C@@H]3C2)cc1-c1c2c3cc(ccc3n1CC(F)(F)F)-c1csc(n1)C[C@H](NC(=O)[C@H](C1CCCC1)N1CC[C@]3(CCN(C(=O)[C@H]4[C@@H](C5CC5)N4C)C3)C1)C(=O)N1CCC[C@H](N1)C(=O)OCC(C)(C)C2. The molecule has 2 saturated carbocycles. The number of nitrogens with zero attached hydrogens (tertiary/aromatic N) is 9. The van der Waals surface area contributed by atoms with E-state index in [1.807, 2.05) is 57.5 Å². The highest BCUT2D eigenvalue weighted by atomic mass is 32.1. The maximum atomic E-state index is 15.3. The van der Waals surface area contributed by atoms with Gasteiger partial charge in [0.1, 0.15) is 24.7 Å². The van der Waals surface area contributed by atoms with E-state index >= 15 is 22.8 Å². The Balaban J connectivity index is 0.838. The standard InChI is InChI=1S/C62H82F3N11O6S/c1-37(2)51-44(26-41(29-66-51)72-22-21-71-23-24-81-31-42(71)30-72)54-45-28-60(3,4)36-82-59(80)46-11-8-18-76(69-46)57(78)47(27-50-67-48(32-83-50)40-14-15-49(43(45)25-40)75(54)35-62(63,64)65)68-56(77)53(38-9-6-7-10-38)73-19-16-61(33-73)17-20-74(34-61)58(79)55-52(70(55)5)39-12-13-39/h14-15,25-26,29,32,37-39,42,46-47,52-53,55,69H,6-13,16-24,27-28,30-31,33-36H2,1-5H3,(H,68,77)/t42-,46-,47-,52+,53-,55+,61-,70?/m0/s1. The maximum absolute atomic E-state index is 15.3. The van der Waals surface area contributed by atoms with Crippen molar-refractivity contribution in [3.63, 3.8) is 0 Å². The van der Waals surface area contributed by atoms with E-state index in [0.29, 0.717) is 114 Å². The van der Waals surface area contributed by atoms with Crippen LogP contribution in [0.5, 0.6) is 0 Å². The lowest BCUT2D eigenvalue weighted by molar-refractivity contribution is -0.155. The Bertz CT molecular complexity index is 3140. The quantitative estimate of drug-likeness (QED) is 0.121. The van der Waals surface area contributed by atoms with Crippen molar-refractivity contribution < 1.29 is 41.8 Å². The molecule has 448 valence electrons. The van der Waals surface area contributed by atoms with Gasteiger partial charge >= 0.3 is 12.1 Å². The summed E-state index contributed by atoms with van der Waals surface area (Å²) in [7, 11) is 2.07. The summed E-state index contributed by atoms with van der Waals surface area (Å²) < 4.78 is 59.1. The van der Waals surface area contributed by atoms with Gasteiger partial charge in [0.05, 0.1) is 65.9 Å². The van der Waals surface area contributed by atoms with Crippen LogP contribution in [0, 0.1) is 22.7 Å². The van der Waals surface area contributed by atoms with Gasteiger partial charge in [-0.3, -0.25) is 43.9 Å². The van der Waals surface area contributed by atoms with E-state index in [-0.39, 0.29) is 66.5 Å². The lowest BCUT2D eigenvalue weighted by Gasteiger charge is -2.44. The van der Waals surface area contributed by atoms with Gasteiger partial charge < -0.3 is 29.2 Å². The molecular formula is C62H82F3N11O6S. The number of carbonyl (C=O) groups excluding carboxylic acids is 4. The van der Waals surface area contributed by atoms with Crippen LogP contribution in [0.15, 0.2) is 35.8 Å². The molecule has 3 amide bonds. The molecule has 13 rings (SSSR count). The zero-order valence-corrected chi connectivity index (χ0v) is 49.7. The van der Waals surface area contributed by atoms with Crippen molar-refractivity contribution >= 4 is 51.6 Å². The first kappa shape index (κ1) is 56.9. The van der Waals surface area contributed by atoms with E-state index in [9.17, 15) is 9.59 Å². The number of halogens is 3. The zero-order chi connectivity index (χ0) is 57.7. The van der Waals surface area contributed by atoms with E-state index in [1.54, 1.807) is 6.07 Å². The summed E-state index contributed by atoms with van der Waals surface area (Å²) in [6, 6.07) is 5.75. The van der Waals surface area contributed by atoms with Crippen molar-refractivity contribution in [3.05, 3.63) is 52.1 Å². The highest BCUT2D eigenvalue weighted by molar-refractivity contribution is 7.10. The zero-order valence-electron chi connectivity index (χ0n) is 48.9. The number of hydrogen-bond acceptors (Lipinski definition) is 14. The number of ether oxygens (including phenoxy) is 2. The number of fused-ring (bicyclic) bond motifs is 7. The lowest BCUT2D eigenvalue weighted by Crippen LogP contribution is -2.62. The number of cyclic esters (lactones) is 1. The Morgan fingerprint density at radius 2 is 1.77 bits per heavy atom. The summed E-state index contributed by atoms with van der Waals surface area (Å²) in [4.78, 5) is 80.1. The summed E-state index contributed by atoms with van der Waals surface area (Å²) in [6.07, 6.45) is 6.65. The molecule has 3 aromatic heterocycles. The fourth-order valence-corrected chi connectivity index (χ4v) is 16.4. The minimum absolute atomic E-state index is 0.0110. The van der Waals surface area contributed by atoms with Crippen molar-refractivity contribution in [3.8, 4) is 22.5 Å². The van der Waals surface area contributed by atoms with Crippen LogP contribution in [0.4, 0.5) is 18.9 Å². The van der Waals surface area contributed by atoms with E-state index in [0.717, 1.165) is 76.9 Å². The molecule has 9 aliphatic rings. The minimum Gasteiger partial charge on any atom is -0.464 e. The van der Waals surface area contributed by atoms with Crippen LogP contribution in [0.3, 0.4) is 0 Å². The number of benzene rings is 1. The van der Waals surface area contributed by atoms with Crippen molar-refractivity contribution in [2.75, 3.05) is 90.7 Å². The number of piperazine rings is 1. The van der Waals surface area contributed by atoms with E-state index in [1.165, 1.54) is 33.8 Å². The predicted octanol–water partition coefficient (Wildman–Crippen LogP) is 7.26. The van der Waals surface area contributed by atoms with Crippen molar-refractivity contribution in [2.45, 2.75) is 160 Å². The van der Waals surface area contributed by atoms with Gasteiger partial charge in [-0.15, -0.1) is 11.3 Å². The average Bonchev–Trinajstić information content (AvgIpc) is 2.06. The molecule has 4 aromatic rings. The van der Waals surface area contributed by atoms with Gasteiger partial charge in [-0.2, -0.15) is 13.2 Å². The van der Waals surface area contributed by atoms with Crippen LogP contribution in [-0.2, 0) is 48.0 Å². The second-order valence-electron chi connectivity index (χ2n) is 27.1. The van der Waals surface area contributed by atoms with Crippen LogP contribution in [0.2, 0.25) is 0 Å². The number of hydrogen-bond donors (Lipinski definition) is 2. The van der Waals surface area contributed by atoms with Crippen molar-refractivity contribution in [1.82, 2.24) is 49.9 Å². The van der Waals surface area contributed by atoms with Crippen molar-refractivity contribution in [2.24, 2.45) is 22.7 Å². The number of anilines is 1. The monoisotopic (exact) mass is 1170 g/mol. The number of alkyl halides is 3. The second-order valence-corrected chi connectivity index (χ2v) is 28.0. The number of likely N-dealkylation sites (tertiary alicyclic amines) is 2. The number of thiazole rings is 1. The number of morpholine rings is 1. The number of esters is 1. The molecule has 8 fully saturated rings. The number of likely N-dealkylation sites (N-methyl/N-ethyl adjacent to an activating group) is 1. The molecule has 2 N–H and O–H groups in total. The molecule has 83 heavy (non-hydrogen) atoms. The summed E-state index contributed by atoms with van der Waals surface area (Å²) in [5.74, 6) is -0.229. The smallest absolute Gasteiger partial charge is 0.406 e. The topological polar surface area (TPSA) is 161 Å². The molecule has 17 nitrogen and oxygen atoms in total. The number of pyridine rings is 1. The molecule has 8 atom stereocenters. The Kier molecular flexibility index (Phi) is 15.3. The molecular weight excluding hydrogens is 1080 g/mol. The Hall–Kier alpha value is -5.19. The van der Waals surface area contributed by atoms with Gasteiger partial charge in [0.25, 0.3) is 5.91 Å². The number of nitrogens with one attached hydrogen (secondary N) is 2. The van der Waals surface area contributed by atoms with Crippen molar-refractivity contribution in [1.29, 1.82) is 0 Å². The molecule has 7 aliphatic heterocycles. The normalized spacial score (nSPS) is 29.6. The van der Waals surface area contributed by atoms with Gasteiger partial charge in [-0.1, -0.05) is 46.6 Å². The first-order chi connectivity index (χ1) is 39.8. The molecule has 1 aromatic carbocycles. The molecule has 0 radical (unpaired) electrons. The van der Waals surface area contributed by atoms with E-state index in [4.69, 9.17) is 19.4 Å². The Morgan fingerprint density at radius 1 is 0.964 bits per heavy atom. The molecule has 1 spiro atoms. The first-order valence-electron chi connectivity index (χ1n) is 30.8. The molecule has 6 bridgehead atoms. The second kappa shape index (κ2) is 22.3. The first-order valence-corrected chi connectivity index (χ1v) is 31.7. The summed E-state index contributed by atoms with van der Waals surface area (Å²) >= 11 is 1.37. The number of carbonyl (C=O) groups is 4. The summed E-state index contributed by atoms with van der Waals surface area (Å²) in [5, 5.41) is 7.92. The number of rotatable bonds is 10. The molecule has 2 aliphatic carbocycles. The average molecular weight is 1170 g/mol. The number of hydrazine groups is 1. The third kappa shape index (κ3) is 11.4. The van der Waals surface area contributed by atoms with E-state index in [2.05, 4.69) is 42.3 Å². The minimum atomic E-state index is -4.58. The molecule has 10 heterocycles. The maximum Gasteiger partial charge on any atom is 0.406 e.